The van der Waals surface area contributed by atoms with Crippen LogP contribution in [0.4, 0.5) is 0 Å². The molecule has 1 heterocycles. The molecular weight excluding hydrogens is 200 g/mol. The monoisotopic (exact) mass is 224 g/mol. The number of ether oxygens (including phenoxy) is 1. The standard InChI is InChI=1S/C13H24N2O/c1-3-9-15-10-5-7-13(15)12-14-8-6-11-16-4-2/h5,7,10,14H,3-4,6,8-9,11-12H2,1-2H3. The predicted molar refractivity (Wildman–Crippen MR) is 67.5 cm³/mol. The zero-order chi connectivity index (χ0) is 11.6. The van der Waals surface area contributed by atoms with Crippen molar-refractivity contribution in [2.24, 2.45) is 0 Å². The third-order valence-electron chi connectivity index (χ3n) is 2.54. The highest BCUT2D eigenvalue weighted by molar-refractivity contribution is 5.06. The van der Waals surface area contributed by atoms with Crippen LogP contribution in [-0.2, 0) is 17.8 Å². The quantitative estimate of drug-likeness (QED) is 0.652. The fourth-order valence-corrected chi connectivity index (χ4v) is 1.73. The van der Waals surface area contributed by atoms with Gasteiger partial charge in [-0.15, -0.1) is 0 Å². The van der Waals surface area contributed by atoms with Crippen molar-refractivity contribution in [2.75, 3.05) is 19.8 Å². The van der Waals surface area contributed by atoms with Crippen LogP contribution in [0.2, 0.25) is 0 Å². The number of nitrogens with zero attached hydrogens (tertiary/aromatic N) is 1. The van der Waals surface area contributed by atoms with Gasteiger partial charge in [-0.3, -0.25) is 0 Å². The number of hydrogen-bond acceptors (Lipinski definition) is 2. The largest absolute Gasteiger partial charge is 0.382 e. The summed E-state index contributed by atoms with van der Waals surface area (Å²) in [5, 5.41) is 3.44. The highest BCUT2D eigenvalue weighted by Gasteiger charge is 1.98. The summed E-state index contributed by atoms with van der Waals surface area (Å²) in [4.78, 5) is 0. The maximum atomic E-state index is 5.29. The van der Waals surface area contributed by atoms with Gasteiger partial charge in [-0.1, -0.05) is 6.92 Å². The lowest BCUT2D eigenvalue weighted by atomic mass is 10.3. The molecule has 0 aliphatic carbocycles. The average molecular weight is 224 g/mol. The molecule has 1 aromatic rings. The molecule has 0 fully saturated rings. The summed E-state index contributed by atoms with van der Waals surface area (Å²) in [6.07, 6.45) is 4.43. The molecule has 0 spiro atoms. The molecule has 0 amide bonds. The van der Waals surface area contributed by atoms with Crippen molar-refractivity contribution in [1.29, 1.82) is 0 Å². The second-order valence-electron chi connectivity index (χ2n) is 3.92. The summed E-state index contributed by atoms with van der Waals surface area (Å²) in [6.45, 7) is 9.02. The Morgan fingerprint density at radius 3 is 3.00 bits per heavy atom. The number of aromatic nitrogens is 1. The Balaban J connectivity index is 2.13. The third-order valence-corrected chi connectivity index (χ3v) is 2.54. The van der Waals surface area contributed by atoms with E-state index < -0.39 is 0 Å². The Bertz CT molecular complexity index is 271. The van der Waals surface area contributed by atoms with Crippen LogP contribution in [0.15, 0.2) is 18.3 Å². The first kappa shape index (κ1) is 13.3. The molecule has 0 saturated carbocycles. The smallest absolute Gasteiger partial charge is 0.0477 e. The molecule has 0 aliphatic heterocycles. The van der Waals surface area contributed by atoms with Crippen LogP contribution in [0, 0.1) is 0 Å². The molecule has 1 N–H and O–H groups in total. The van der Waals surface area contributed by atoms with E-state index in [4.69, 9.17) is 4.74 Å². The average Bonchev–Trinajstić information content (AvgIpc) is 2.72. The fourth-order valence-electron chi connectivity index (χ4n) is 1.73. The van der Waals surface area contributed by atoms with Crippen LogP contribution in [0.25, 0.3) is 0 Å². The van der Waals surface area contributed by atoms with Gasteiger partial charge in [-0.25, -0.2) is 0 Å². The molecule has 3 heteroatoms. The Labute approximate surface area is 98.8 Å². The van der Waals surface area contributed by atoms with Crippen LogP contribution in [0.1, 0.15) is 32.4 Å². The van der Waals surface area contributed by atoms with Crippen molar-refractivity contribution in [3.63, 3.8) is 0 Å². The van der Waals surface area contributed by atoms with E-state index in [1.807, 2.05) is 6.92 Å². The van der Waals surface area contributed by atoms with Crippen LogP contribution >= 0.6 is 0 Å². The molecule has 0 aliphatic rings. The predicted octanol–water partition coefficient (Wildman–Crippen LogP) is 2.41. The van der Waals surface area contributed by atoms with Crippen molar-refractivity contribution in [2.45, 2.75) is 39.8 Å². The van der Waals surface area contributed by atoms with Gasteiger partial charge in [0, 0.05) is 38.2 Å². The maximum Gasteiger partial charge on any atom is 0.0477 e. The number of rotatable bonds is 9. The van der Waals surface area contributed by atoms with Gasteiger partial charge in [0.25, 0.3) is 0 Å². The number of hydrogen-bond donors (Lipinski definition) is 1. The minimum atomic E-state index is 0.819. The van der Waals surface area contributed by atoms with Crippen LogP contribution in [0.5, 0.6) is 0 Å². The van der Waals surface area contributed by atoms with Gasteiger partial charge < -0.3 is 14.6 Å². The van der Waals surface area contributed by atoms with Crippen LogP contribution in [-0.4, -0.2) is 24.3 Å². The van der Waals surface area contributed by atoms with E-state index in [-0.39, 0.29) is 0 Å². The molecule has 92 valence electrons. The molecule has 0 bridgehead atoms. The molecule has 0 unspecified atom stereocenters. The summed E-state index contributed by atoms with van der Waals surface area (Å²) < 4.78 is 7.60. The van der Waals surface area contributed by atoms with Crippen molar-refractivity contribution in [3.8, 4) is 0 Å². The van der Waals surface area contributed by atoms with Gasteiger partial charge in [-0.2, -0.15) is 0 Å². The van der Waals surface area contributed by atoms with Gasteiger partial charge in [-0.05, 0) is 38.4 Å². The fraction of sp³-hybridized carbons (Fsp3) is 0.692. The topological polar surface area (TPSA) is 26.2 Å². The van der Waals surface area contributed by atoms with Gasteiger partial charge in [0.15, 0.2) is 0 Å². The van der Waals surface area contributed by atoms with E-state index in [2.05, 4.69) is 35.1 Å². The lowest BCUT2D eigenvalue weighted by Crippen LogP contribution is -2.18. The number of nitrogens with one attached hydrogen (secondary N) is 1. The third kappa shape index (κ3) is 4.81. The molecular formula is C13H24N2O. The van der Waals surface area contributed by atoms with Gasteiger partial charge >= 0.3 is 0 Å². The van der Waals surface area contributed by atoms with Crippen molar-refractivity contribution in [3.05, 3.63) is 24.0 Å². The Morgan fingerprint density at radius 1 is 1.38 bits per heavy atom. The van der Waals surface area contributed by atoms with E-state index in [0.29, 0.717) is 0 Å². The molecule has 3 nitrogen and oxygen atoms in total. The van der Waals surface area contributed by atoms with Crippen molar-refractivity contribution in [1.82, 2.24) is 9.88 Å². The molecule has 1 aromatic heterocycles. The molecule has 0 atom stereocenters. The SMILES string of the molecule is CCCn1cccc1CNCCCOCC. The zero-order valence-corrected chi connectivity index (χ0v) is 10.5. The normalized spacial score (nSPS) is 10.9. The number of aryl methyl sites for hydroxylation is 1. The summed E-state index contributed by atoms with van der Waals surface area (Å²) >= 11 is 0. The second-order valence-corrected chi connectivity index (χ2v) is 3.92. The maximum absolute atomic E-state index is 5.29. The molecule has 1 rings (SSSR count). The summed E-state index contributed by atoms with van der Waals surface area (Å²) in [6, 6.07) is 4.30. The molecule has 0 aromatic carbocycles. The van der Waals surface area contributed by atoms with E-state index in [1.54, 1.807) is 0 Å². The zero-order valence-electron chi connectivity index (χ0n) is 10.5. The first-order valence-electron chi connectivity index (χ1n) is 6.31. The van der Waals surface area contributed by atoms with Gasteiger partial charge in [0.1, 0.15) is 0 Å². The molecule has 0 radical (unpaired) electrons. The Morgan fingerprint density at radius 2 is 2.25 bits per heavy atom. The Kier molecular flexibility index (Phi) is 6.93. The summed E-state index contributed by atoms with van der Waals surface area (Å²) in [7, 11) is 0. The van der Waals surface area contributed by atoms with Crippen LogP contribution < -0.4 is 5.32 Å². The first-order chi connectivity index (χ1) is 7.88. The second kappa shape index (κ2) is 8.36. The van der Waals surface area contributed by atoms with E-state index in [0.717, 1.165) is 39.3 Å². The van der Waals surface area contributed by atoms with Crippen molar-refractivity contribution < 1.29 is 4.74 Å². The lowest BCUT2D eigenvalue weighted by Gasteiger charge is -2.09. The molecule has 0 saturated heterocycles. The minimum absolute atomic E-state index is 0.819. The first-order valence-corrected chi connectivity index (χ1v) is 6.31. The lowest BCUT2D eigenvalue weighted by molar-refractivity contribution is 0.144. The highest BCUT2D eigenvalue weighted by atomic mass is 16.5. The molecule has 16 heavy (non-hydrogen) atoms. The van der Waals surface area contributed by atoms with Crippen LogP contribution in [0.3, 0.4) is 0 Å². The highest BCUT2D eigenvalue weighted by Crippen LogP contribution is 2.03. The van der Waals surface area contributed by atoms with Gasteiger partial charge in [0.05, 0.1) is 0 Å². The van der Waals surface area contributed by atoms with E-state index in [1.165, 1.54) is 12.1 Å². The summed E-state index contributed by atoms with van der Waals surface area (Å²) in [5.41, 5.74) is 1.37. The Hall–Kier alpha value is -0.800. The van der Waals surface area contributed by atoms with E-state index in [9.17, 15) is 0 Å². The summed E-state index contributed by atoms with van der Waals surface area (Å²) in [5.74, 6) is 0. The van der Waals surface area contributed by atoms with Crippen molar-refractivity contribution >= 4 is 0 Å². The van der Waals surface area contributed by atoms with E-state index >= 15 is 0 Å². The minimum Gasteiger partial charge on any atom is -0.382 e. The van der Waals surface area contributed by atoms with Gasteiger partial charge in [0.2, 0.25) is 0 Å².